The van der Waals surface area contributed by atoms with E-state index in [9.17, 15) is 22.8 Å². The lowest BCUT2D eigenvalue weighted by molar-refractivity contribution is -0.143. The number of hydrogen-bond donors (Lipinski definition) is 1. The number of nitrogens with zero attached hydrogens (tertiary/aromatic N) is 5. The van der Waals surface area contributed by atoms with Crippen LogP contribution in [-0.2, 0) is 23.8 Å². The van der Waals surface area contributed by atoms with Crippen LogP contribution >= 0.6 is 0 Å². The van der Waals surface area contributed by atoms with E-state index < -0.39 is 35.7 Å². The van der Waals surface area contributed by atoms with Crippen molar-refractivity contribution < 1.29 is 27.5 Å². The maximum atomic E-state index is 14.0. The first-order chi connectivity index (χ1) is 20.5. The highest BCUT2D eigenvalue weighted by Gasteiger charge is 2.42. The number of aromatic nitrogens is 3. The number of benzene rings is 1. The Morgan fingerprint density at radius 2 is 1.88 bits per heavy atom. The van der Waals surface area contributed by atoms with Crippen molar-refractivity contribution in [3.63, 3.8) is 0 Å². The molecule has 0 bridgehead atoms. The van der Waals surface area contributed by atoms with E-state index in [1.54, 1.807) is 9.80 Å². The van der Waals surface area contributed by atoms with Crippen LogP contribution in [0.3, 0.4) is 0 Å². The maximum absolute atomic E-state index is 14.0. The SMILES string of the molecule is C=CC(=O)N1CCc2nn(-c3ccc(C(C)C)cc3)c3c2[C@H](C1)N(C(=O)c1cnc(C(F)(F)F)c(OC2CNC2)c1)CC3. The van der Waals surface area contributed by atoms with Crippen LogP contribution in [0, 0.1) is 0 Å². The number of carbonyl (C=O) groups excluding carboxylic acids is 2. The molecule has 1 atom stereocenters. The Hall–Kier alpha value is -4.19. The Morgan fingerprint density at radius 1 is 1.14 bits per heavy atom. The number of ether oxygens (including phenoxy) is 1. The average Bonchev–Trinajstić information content (AvgIpc) is 3.23. The Kier molecular flexibility index (Phi) is 7.49. The molecule has 0 aliphatic carbocycles. The molecule has 2 amide bonds. The lowest BCUT2D eigenvalue weighted by Crippen LogP contribution is -2.50. The van der Waals surface area contributed by atoms with Gasteiger partial charge in [0.15, 0.2) is 11.4 Å². The number of carbonyl (C=O) groups is 2. The quantitative estimate of drug-likeness (QED) is 0.433. The second-order valence-electron chi connectivity index (χ2n) is 11.4. The molecule has 0 saturated carbocycles. The van der Waals surface area contributed by atoms with Crippen LogP contribution in [-0.4, -0.2) is 75.2 Å². The van der Waals surface area contributed by atoms with Crippen LogP contribution in [0.15, 0.2) is 49.2 Å². The highest BCUT2D eigenvalue weighted by Crippen LogP contribution is 2.39. The minimum Gasteiger partial charge on any atom is -0.485 e. The molecule has 0 unspecified atom stereocenters. The Labute approximate surface area is 247 Å². The normalized spacial score (nSPS) is 18.6. The van der Waals surface area contributed by atoms with E-state index in [1.807, 2.05) is 16.8 Å². The topological polar surface area (TPSA) is 92.6 Å². The molecule has 1 fully saturated rings. The third-order valence-corrected chi connectivity index (χ3v) is 8.37. The average molecular weight is 595 g/mol. The summed E-state index contributed by atoms with van der Waals surface area (Å²) < 4.78 is 48.7. The van der Waals surface area contributed by atoms with Crippen molar-refractivity contribution in [1.29, 1.82) is 0 Å². The Morgan fingerprint density at radius 3 is 2.51 bits per heavy atom. The van der Waals surface area contributed by atoms with Gasteiger partial charge in [-0.25, -0.2) is 9.67 Å². The fraction of sp³-hybridized carbons (Fsp3) is 0.419. The number of hydrogen-bond acceptors (Lipinski definition) is 6. The third-order valence-electron chi connectivity index (χ3n) is 8.37. The minimum atomic E-state index is -4.74. The number of halogens is 3. The Bertz CT molecular complexity index is 1560. The summed E-state index contributed by atoms with van der Waals surface area (Å²) in [4.78, 5) is 33.6. The highest BCUT2D eigenvalue weighted by molar-refractivity contribution is 5.95. The van der Waals surface area contributed by atoms with E-state index in [2.05, 4.69) is 42.9 Å². The van der Waals surface area contributed by atoms with Crippen LogP contribution in [0.2, 0.25) is 0 Å². The van der Waals surface area contributed by atoms with E-state index in [0.29, 0.717) is 38.4 Å². The van der Waals surface area contributed by atoms with E-state index in [0.717, 1.165) is 34.9 Å². The van der Waals surface area contributed by atoms with Gasteiger partial charge in [-0.15, -0.1) is 0 Å². The summed E-state index contributed by atoms with van der Waals surface area (Å²) in [6.07, 6.45) is -2.00. The molecule has 9 nitrogen and oxygen atoms in total. The summed E-state index contributed by atoms with van der Waals surface area (Å²) in [7, 11) is 0. The zero-order valence-corrected chi connectivity index (χ0v) is 24.0. The van der Waals surface area contributed by atoms with Gasteiger partial charge in [0.1, 0.15) is 6.10 Å². The molecule has 3 aromatic rings. The standard InChI is InChI=1S/C31H33F3N6O3/c1-4-27(41)38-11-9-23-28-24(40(37-23)21-7-5-19(6-8-21)18(2)3)10-12-39(25(28)17-38)30(42)20-13-26(43-22-15-35-16-22)29(36-14-20)31(32,33)34/h4-8,13-14,18,22,25,35H,1,9-12,15-17H2,2-3H3/t25-/m0/s1. The second kappa shape index (κ2) is 11.1. The number of amides is 2. The van der Waals surface area contributed by atoms with Gasteiger partial charge in [-0.1, -0.05) is 32.6 Å². The zero-order chi connectivity index (χ0) is 30.5. The van der Waals surface area contributed by atoms with Crippen molar-refractivity contribution in [2.24, 2.45) is 0 Å². The van der Waals surface area contributed by atoms with Crippen molar-refractivity contribution in [3.05, 3.63) is 83.0 Å². The zero-order valence-electron chi connectivity index (χ0n) is 24.0. The lowest BCUT2D eigenvalue weighted by atomic mass is 9.94. The summed E-state index contributed by atoms with van der Waals surface area (Å²) in [5, 5.41) is 7.92. The van der Waals surface area contributed by atoms with Crippen molar-refractivity contribution in [3.8, 4) is 11.4 Å². The molecule has 43 heavy (non-hydrogen) atoms. The van der Waals surface area contributed by atoms with Crippen LogP contribution in [0.1, 0.15) is 64.4 Å². The van der Waals surface area contributed by atoms with Gasteiger partial charge in [0.05, 0.1) is 28.7 Å². The van der Waals surface area contributed by atoms with Crippen LogP contribution in [0.25, 0.3) is 5.69 Å². The molecule has 3 aliphatic rings. The minimum absolute atomic E-state index is 0.0113. The van der Waals surface area contributed by atoms with Gasteiger partial charge in [-0.3, -0.25) is 9.59 Å². The van der Waals surface area contributed by atoms with Gasteiger partial charge < -0.3 is 19.9 Å². The second-order valence-corrected chi connectivity index (χ2v) is 11.4. The summed E-state index contributed by atoms with van der Waals surface area (Å²) >= 11 is 0. The first-order valence-corrected chi connectivity index (χ1v) is 14.4. The lowest BCUT2D eigenvalue weighted by Gasteiger charge is -2.38. The van der Waals surface area contributed by atoms with Gasteiger partial charge in [-0.2, -0.15) is 18.3 Å². The van der Waals surface area contributed by atoms with E-state index in [-0.39, 0.29) is 24.6 Å². The molecule has 6 rings (SSSR count). The summed E-state index contributed by atoms with van der Waals surface area (Å²) in [5.74, 6) is -0.829. The number of alkyl halides is 3. The first-order valence-electron chi connectivity index (χ1n) is 14.4. The molecule has 12 heteroatoms. The van der Waals surface area contributed by atoms with Gasteiger partial charge in [0, 0.05) is 57.3 Å². The molecule has 1 aromatic carbocycles. The molecule has 0 radical (unpaired) electrons. The molecular formula is C31H33F3N6O3. The van der Waals surface area contributed by atoms with Crippen molar-refractivity contribution in [2.45, 2.75) is 50.9 Å². The Balaban J connectivity index is 1.38. The molecular weight excluding hydrogens is 561 g/mol. The molecule has 3 aliphatic heterocycles. The van der Waals surface area contributed by atoms with Gasteiger partial charge in [0.2, 0.25) is 5.91 Å². The molecule has 0 spiro atoms. The van der Waals surface area contributed by atoms with E-state index >= 15 is 0 Å². The van der Waals surface area contributed by atoms with Gasteiger partial charge in [-0.05, 0) is 35.8 Å². The maximum Gasteiger partial charge on any atom is 0.437 e. The van der Waals surface area contributed by atoms with E-state index in [1.165, 1.54) is 11.6 Å². The fourth-order valence-corrected chi connectivity index (χ4v) is 5.94. The monoisotopic (exact) mass is 594 g/mol. The van der Waals surface area contributed by atoms with Gasteiger partial charge in [0.25, 0.3) is 5.91 Å². The smallest absolute Gasteiger partial charge is 0.437 e. The molecule has 226 valence electrons. The summed E-state index contributed by atoms with van der Waals surface area (Å²) in [5.41, 5.74) is 3.57. The fourth-order valence-electron chi connectivity index (χ4n) is 5.94. The molecule has 5 heterocycles. The number of nitrogens with one attached hydrogen (secondary N) is 1. The summed E-state index contributed by atoms with van der Waals surface area (Å²) in [6.45, 7) is 9.59. The molecule has 1 saturated heterocycles. The largest absolute Gasteiger partial charge is 0.485 e. The van der Waals surface area contributed by atoms with Gasteiger partial charge >= 0.3 is 6.18 Å². The van der Waals surface area contributed by atoms with Crippen molar-refractivity contribution in [2.75, 3.05) is 32.7 Å². The van der Waals surface area contributed by atoms with Crippen LogP contribution < -0.4 is 10.1 Å². The summed E-state index contributed by atoms with van der Waals surface area (Å²) in [6, 6.07) is 8.81. The van der Waals surface area contributed by atoms with Crippen LogP contribution in [0.5, 0.6) is 5.75 Å². The first kappa shape index (κ1) is 28.9. The van der Waals surface area contributed by atoms with E-state index in [4.69, 9.17) is 9.84 Å². The molecule has 1 N–H and O–H groups in total. The third kappa shape index (κ3) is 5.39. The predicted octanol–water partition coefficient (Wildman–Crippen LogP) is 4.07. The highest BCUT2D eigenvalue weighted by atomic mass is 19.4. The van der Waals surface area contributed by atoms with Crippen LogP contribution in [0.4, 0.5) is 13.2 Å². The predicted molar refractivity (Wildman–Crippen MR) is 152 cm³/mol. The van der Waals surface area contributed by atoms with Crippen molar-refractivity contribution in [1.82, 2.24) is 29.9 Å². The number of pyridine rings is 1. The van der Waals surface area contributed by atoms with Crippen molar-refractivity contribution >= 4 is 11.8 Å². The molecule has 2 aromatic heterocycles. The number of rotatable bonds is 6.